The van der Waals surface area contributed by atoms with Crippen LogP contribution in [0.3, 0.4) is 0 Å². The summed E-state index contributed by atoms with van der Waals surface area (Å²) in [5.41, 5.74) is 1.08. The first-order chi connectivity index (χ1) is 9.71. The summed E-state index contributed by atoms with van der Waals surface area (Å²) in [7, 11) is 0. The predicted octanol–water partition coefficient (Wildman–Crippen LogP) is 3.63. The molecule has 0 saturated heterocycles. The highest BCUT2D eigenvalue weighted by atomic mass is 32.1. The van der Waals surface area contributed by atoms with Gasteiger partial charge in [-0.1, -0.05) is 0 Å². The van der Waals surface area contributed by atoms with Gasteiger partial charge in [-0.15, -0.1) is 11.3 Å². The van der Waals surface area contributed by atoms with Gasteiger partial charge in [0.2, 0.25) is 0 Å². The van der Waals surface area contributed by atoms with Crippen LogP contribution < -0.4 is 14.8 Å². The highest BCUT2D eigenvalue weighted by Gasteiger charge is 2.07. The van der Waals surface area contributed by atoms with E-state index in [9.17, 15) is 4.79 Å². The summed E-state index contributed by atoms with van der Waals surface area (Å²) >= 11 is 1.20. The lowest BCUT2D eigenvalue weighted by atomic mass is 10.3. The summed E-state index contributed by atoms with van der Waals surface area (Å²) in [6.07, 6.45) is -0.597. The molecule has 0 radical (unpaired) electrons. The van der Waals surface area contributed by atoms with E-state index in [1.807, 2.05) is 13.0 Å². The van der Waals surface area contributed by atoms with Crippen LogP contribution in [0.4, 0.5) is 10.5 Å². The third-order valence-electron chi connectivity index (χ3n) is 2.31. The van der Waals surface area contributed by atoms with Crippen molar-refractivity contribution in [1.82, 2.24) is 0 Å². The van der Waals surface area contributed by atoms with Gasteiger partial charge in [-0.05, 0) is 31.2 Å². The second kappa shape index (κ2) is 6.59. The van der Waals surface area contributed by atoms with Gasteiger partial charge in [-0.2, -0.15) is 5.26 Å². The minimum Gasteiger partial charge on any atom is -0.494 e. The highest BCUT2D eigenvalue weighted by molar-refractivity contribution is 7.12. The lowest BCUT2D eigenvalue weighted by molar-refractivity contribution is 0.216. The van der Waals surface area contributed by atoms with Gasteiger partial charge in [0, 0.05) is 17.1 Å². The zero-order chi connectivity index (χ0) is 14.4. The topological polar surface area (TPSA) is 71.3 Å². The predicted molar refractivity (Wildman–Crippen MR) is 76.3 cm³/mol. The van der Waals surface area contributed by atoms with Crippen molar-refractivity contribution >= 4 is 23.1 Å². The van der Waals surface area contributed by atoms with Crippen LogP contribution in [0.1, 0.15) is 12.5 Å². The number of nitrogens with one attached hydrogen (secondary N) is 1. The van der Waals surface area contributed by atoms with E-state index in [0.717, 1.165) is 5.75 Å². The third kappa shape index (κ3) is 3.73. The molecular weight excluding hydrogens is 276 g/mol. The number of hydrogen-bond acceptors (Lipinski definition) is 5. The number of rotatable bonds is 4. The van der Waals surface area contributed by atoms with Crippen molar-refractivity contribution in [3.63, 3.8) is 0 Å². The van der Waals surface area contributed by atoms with Gasteiger partial charge < -0.3 is 9.47 Å². The van der Waals surface area contributed by atoms with Crippen molar-refractivity contribution in [3.8, 4) is 16.9 Å². The number of nitrogens with zero attached hydrogens (tertiary/aromatic N) is 1. The summed E-state index contributed by atoms with van der Waals surface area (Å²) in [6.45, 7) is 2.49. The molecule has 2 aromatic rings. The first-order valence-corrected chi connectivity index (χ1v) is 6.79. The number of carbonyl (C=O) groups excluding carboxylic acids is 1. The van der Waals surface area contributed by atoms with E-state index < -0.39 is 6.09 Å². The molecule has 5 nitrogen and oxygen atoms in total. The summed E-state index contributed by atoms with van der Waals surface area (Å²) in [4.78, 5) is 11.6. The van der Waals surface area contributed by atoms with Crippen LogP contribution in [0.2, 0.25) is 0 Å². The fourth-order valence-corrected chi connectivity index (χ4v) is 2.15. The van der Waals surface area contributed by atoms with Crippen molar-refractivity contribution in [3.05, 3.63) is 41.3 Å². The lowest BCUT2D eigenvalue weighted by Crippen LogP contribution is -2.16. The SMILES string of the molecule is CCOc1ccc(NC(=O)Oc2cc(C#N)cs2)cc1. The Morgan fingerprint density at radius 1 is 1.40 bits per heavy atom. The second-order valence-corrected chi connectivity index (χ2v) is 4.61. The minimum absolute atomic E-state index is 0.380. The highest BCUT2D eigenvalue weighted by Crippen LogP contribution is 2.23. The first-order valence-electron chi connectivity index (χ1n) is 5.91. The van der Waals surface area contributed by atoms with Crippen LogP contribution in [0, 0.1) is 11.3 Å². The Balaban J connectivity index is 1.92. The Bertz CT molecular complexity index is 629. The average molecular weight is 288 g/mol. The Kier molecular flexibility index (Phi) is 4.58. The number of anilines is 1. The number of nitriles is 1. The number of carbonyl (C=O) groups is 1. The number of ether oxygens (including phenoxy) is 2. The van der Waals surface area contributed by atoms with Gasteiger partial charge in [0.05, 0.1) is 12.2 Å². The quantitative estimate of drug-likeness (QED) is 0.932. The molecule has 6 heteroatoms. The number of hydrogen-bond donors (Lipinski definition) is 1. The number of amides is 1. The standard InChI is InChI=1S/C14H12N2O3S/c1-2-18-12-5-3-11(4-6-12)16-14(17)19-13-7-10(8-15)9-20-13/h3-7,9H,2H2,1H3,(H,16,17). The average Bonchev–Trinajstić information content (AvgIpc) is 2.89. The molecule has 1 N–H and O–H groups in total. The maximum absolute atomic E-state index is 11.6. The number of thiophene rings is 1. The third-order valence-corrected chi connectivity index (χ3v) is 3.11. The van der Waals surface area contributed by atoms with Crippen molar-refractivity contribution in [2.24, 2.45) is 0 Å². The molecule has 1 aromatic heterocycles. The molecule has 102 valence electrons. The molecule has 1 heterocycles. The molecule has 1 amide bonds. The van der Waals surface area contributed by atoms with E-state index >= 15 is 0 Å². The van der Waals surface area contributed by atoms with Gasteiger partial charge in [-0.3, -0.25) is 5.32 Å². The van der Waals surface area contributed by atoms with Crippen molar-refractivity contribution in [2.75, 3.05) is 11.9 Å². The van der Waals surface area contributed by atoms with Crippen LogP contribution in [-0.4, -0.2) is 12.7 Å². The van der Waals surface area contributed by atoms with Crippen molar-refractivity contribution in [1.29, 1.82) is 5.26 Å². The minimum atomic E-state index is -0.597. The van der Waals surface area contributed by atoms with Crippen molar-refractivity contribution in [2.45, 2.75) is 6.92 Å². The van der Waals surface area contributed by atoms with Gasteiger partial charge in [0.15, 0.2) is 5.06 Å². The number of benzene rings is 1. The Labute approximate surface area is 120 Å². The van der Waals surface area contributed by atoms with E-state index in [0.29, 0.717) is 22.9 Å². The zero-order valence-corrected chi connectivity index (χ0v) is 11.6. The molecule has 0 aliphatic carbocycles. The molecule has 0 aliphatic rings. The van der Waals surface area contributed by atoms with Crippen molar-refractivity contribution < 1.29 is 14.3 Å². The van der Waals surface area contributed by atoms with Crippen LogP contribution >= 0.6 is 11.3 Å². The monoisotopic (exact) mass is 288 g/mol. The van der Waals surface area contributed by atoms with Gasteiger partial charge in [0.25, 0.3) is 0 Å². The molecule has 0 spiro atoms. The van der Waals surface area contributed by atoms with E-state index in [4.69, 9.17) is 14.7 Å². The fraction of sp³-hybridized carbons (Fsp3) is 0.143. The molecule has 1 aromatic carbocycles. The molecule has 0 aliphatic heterocycles. The van der Waals surface area contributed by atoms with Crippen LogP contribution in [0.5, 0.6) is 10.8 Å². The van der Waals surface area contributed by atoms with E-state index in [-0.39, 0.29) is 0 Å². The van der Waals surface area contributed by atoms with Crippen LogP contribution in [-0.2, 0) is 0 Å². The molecule has 0 saturated carbocycles. The molecule has 0 fully saturated rings. The lowest BCUT2D eigenvalue weighted by Gasteiger charge is -2.06. The van der Waals surface area contributed by atoms with Gasteiger partial charge in [-0.25, -0.2) is 4.79 Å². The Morgan fingerprint density at radius 2 is 2.15 bits per heavy atom. The van der Waals surface area contributed by atoms with E-state index in [1.54, 1.807) is 29.6 Å². The van der Waals surface area contributed by atoms with E-state index in [2.05, 4.69) is 5.32 Å². The maximum atomic E-state index is 11.6. The summed E-state index contributed by atoms with van der Waals surface area (Å²) < 4.78 is 10.4. The molecule has 0 bridgehead atoms. The van der Waals surface area contributed by atoms with Crippen LogP contribution in [0.25, 0.3) is 0 Å². The van der Waals surface area contributed by atoms with Gasteiger partial charge >= 0.3 is 6.09 Å². The smallest absolute Gasteiger partial charge is 0.417 e. The van der Waals surface area contributed by atoms with Gasteiger partial charge in [0.1, 0.15) is 11.8 Å². The molecule has 2 rings (SSSR count). The summed E-state index contributed by atoms with van der Waals surface area (Å²) in [5.74, 6) is 0.739. The Hall–Kier alpha value is -2.52. The largest absolute Gasteiger partial charge is 0.494 e. The van der Waals surface area contributed by atoms with E-state index in [1.165, 1.54) is 17.4 Å². The molecule has 0 unspecified atom stereocenters. The molecular formula is C14H12N2O3S. The van der Waals surface area contributed by atoms with Crippen LogP contribution in [0.15, 0.2) is 35.7 Å². The molecule has 0 atom stereocenters. The second-order valence-electron chi connectivity index (χ2n) is 3.74. The zero-order valence-electron chi connectivity index (χ0n) is 10.8. The summed E-state index contributed by atoms with van der Waals surface area (Å²) in [5, 5.41) is 13.3. The fourth-order valence-electron chi connectivity index (χ4n) is 1.46. The maximum Gasteiger partial charge on any atom is 0.417 e. The first kappa shape index (κ1) is 13.9. The molecule has 20 heavy (non-hydrogen) atoms. The normalized spacial score (nSPS) is 9.60. The Morgan fingerprint density at radius 3 is 2.75 bits per heavy atom. The summed E-state index contributed by atoms with van der Waals surface area (Å²) in [6, 6.07) is 10.5.